The van der Waals surface area contributed by atoms with Gasteiger partial charge in [-0.15, -0.1) is 0 Å². The highest BCUT2D eigenvalue weighted by Crippen LogP contribution is 2.24. The molecule has 0 aromatic heterocycles. The zero-order chi connectivity index (χ0) is 10.8. The Morgan fingerprint density at radius 3 is 2.71 bits per heavy atom. The van der Waals surface area contributed by atoms with Crippen LogP contribution in [0.15, 0.2) is 0 Å². The van der Waals surface area contributed by atoms with Crippen LogP contribution in [0.25, 0.3) is 0 Å². The number of amides is 1. The molecule has 0 aromatic rings. The van der Waals surface area contributed by atoms with E-state index in [1.807, 2.05) is 20.8 Å². The lowest BCUT2D eigenvalue weighted by Gasteiger charge is -2.35. The summed E-state index contributed by atoms with van der Waals surface area (Å²) < 4.78 is 0. The van der Waals surface area contributed by atoms with Crippen LogP contribution in [-0.4, -0.2) is 35.1 Å². The highest BCUT2D eigenvalue weighted by molar-refractivity contribution is 5.82. The number of piperidine rings is 1. The molecule has 82 valence electrons. The van der Waals surface area contributed by atoms with Crippen molar-refractivity contribution in [1.82, 2.24) is 4.90 Å². The van der Waals surface area contributed by atoms with Gasteiger partial charge in [0.15, 0.2) is 0 Å². The molecule has 1 fully saturated rings. The number of aliphatic hydroxyl groups excluding tert-OH is 1. The minimum Gasteiger partial charge on any atom is -0.391 e. The van der Waals surface area contributed by atoms with Gasteiger partial charge in [-0.05, 0) is 19.3 Å². The van der Waals surface area contributed by atoms with Crippen molar-refractivity contribution in [2.45, 2.75) is 46.1 Å². The van der Waals surface area contributed by atoms with Crippen LogP contribution >= 0.6 is 0 Å². The number of β-amino-alcohol motifs (C(OH)–C–C–N with tert-alkyl or cyclic N) is 1. The van der Waals surface area contributed by atoms with E-state index < -0.39 is 0 Å². The third kappa shape index (κ3) is 2.47. The second-order valence-electron chi connectivity index (χ2n) is 4.78. The molecule has 1 heterocycles. The topological polar surface area (TPSA) is 40.5 Å². The molecule has 0 bridgehead atoms. The number of nitrogens with zero attached hydrogens (tertiary/aromatic N) is 1. The van der Waals surface area contributed by atoms with Crippen LogP contribution in [0.5, 0.6) is 0 Å². The lowest BCUT2D eigenvalue weighted by molar-refractivity contribution is -0.143. The molecule has 3 heteroatoms. The Bertz CT molecular complexity index is 213. The Hall–Kier alpha value is -0.570. The van der Waals surface area contributed by atoms with Crippen LogP contribution < -0.4 is 0 Å². The first-order valence-electron chi connectivity index (χ1n) is 5.45. The number of aliphatic hydroxyl groups is 1. The van der Waals surface area contributed by atoms with Gasteiger partial charge < -0.3 is 10.0 Å². The zero-order valence-corrected chi connectivity index (χ0v) is 9.42. The average molecular weight is 199 g/mol. The quantitative estimate of drug-likeness (QED) is 0.730. The van der Waals surface area contributed by atoms with Gasteiger partial charge in [-0.25, -0.2) is 0 Å². The number of hydrogen-bond acceptors (Lipinski definition) is 2. The highest BCUT2D eigenvalue weighted by Gasteiger charge is 2.32. The summed E-state index contributed by atoms with van der Waals surface area (Å²) in [6.45, 7) is 7.28. The van der Waals surface area contributed by atoms with Crippen molar-refractivity contribution < 1.29 is 9.90 Å². The minimum atomic E-state index is -0.319. The largest absolute Gasteiger partial charge is 0.391 e. The third-order valence-electron chi connectivity index (χ3n) is 3.15. The van der Waals surface area contributed by atoms with E-state index in [1.165, 1.54) is 0 Å². The molecule has 1 N–H and O–H groups in total. The maximum absolute atomic E-state index is 12.0. The molecule has 1 aliphatic heterocycles. The van der Waals surface area contributed by atoms with Gasteiger partial charge in [0.25, 0.3) is 0 Å². The molecule has 3 nitrogen and oxygen atoms in total. The second-order valence-corrected chi connectivity index (χ2v) is 4.78. The van der Waals surface area contributed by atoms with Gasteiger partial charge in [0.05, 0.1) is 6.10 Å². The predicted molar refractivity (Wildman–Crippen MR) is 55.9 cm³/mol. The molecule has 1 atom stereocenters. The van der Waals surface area contributed by atoms with E-state index in [2.05, 4.69) is 0 Å². The van der Waals surface area contributed by atoms with Gasteiger partial charge in [0.1, 0.15) is 0 Å². The summed E-state index contributed by atoms with van der Waals surface area (Å²) >= 11 is 0. The van der Waals surface area contributed by atoms with E-state index in [4.69, 9.17) is 0 Å². The Kier molecular flexibility index (Phi) is 3.53. The molecule has 14 heavy (non-hydrogen) atoms. The lowest BCUT2D eigenvalue weighted by Crippen LogP contribution is -2.47. The third-order valence-corrected chi connectivity index (χ3v) is 3.15. The molecule has 0 radical (unpaired) electrons. The number of carbonyl (C=O) groups excluding carboxylic acids is 1. The van der Waals surface area contributed by atoms with E-state index in [0.717, 1.165) is 25.8 Å². The number of hydrogen-bond donors (Lipinski definition) is 1. The summed E-state index contributed by atoms with van der Waals surface area (Å²) in [5, 5.41) is 9.47. The van der Waals surface area contributed by atoms with Crippen molar-refractivity contribution in [2.75, 3.05) is 13.1 Å². The van der Waals surface area contributed by atoms with E-state index in [0.29, 0.717) is 6.54 Å². The minimum absolute atomic E-state index is 0.179. The first-order chi connectivity index (χ1) is 6.47. The van der Waals surface area contributed by atoms with Crippen molar-refractivity contribution in [3.05, 3.63) is 0 Å². The molecule has 0 aromatic carbocycles. The van der Waals surface area contributed by atoms with Crippen LogP contribution in [0.3, 0.4) is 0 Å². The van der Waals surface area contributed by atoms with Crippen molar-refractivity contribution in [3.63, 3.8) is 0 Å². The maximum Gasteiger partial charge on any atom is 0.228 e. The fourth-order valence-corrected chi connectivity index (χ4v) is 1.72. The van der Waals surface area contributed by atoms with Crippen molar-refractivity contribution in [2.24, 2.45) is 5.41 Å². The van der Waals surface area contributed by atoms with Gasteiger partial charge >= 0.3 is 0 Å². The normalized spacial score (nSPS) is 23.7. The fraction of sp³-hybridized carbons (Fsp3) is 0.909. The maximum atomic E-state index is 12.0. The first kappa shape index (κ1) is 11.5. The molecule has 0 saturated carbocycles. The summed E-state index contributed by atoms with van der Waals surface area (Å²) in [4.78, 5) is 13.8. The van der Waals surface area contributed by atoms with Crippen molar-refractivity contribution >= 4 is 5.91 Å². The SMILES string of the molecule is CCC(C)(C)C(=O)N1CCCC(O)C1. The number of rotatable bonds is 2. The van der Waals surface area contributed by atoms with Gasteiger partial charge in [-0.2, -0.15) is 0 Å². The summed E-state index contributed by atoms with van der Waals surface area (Å²) in [5.41, 5.74) is -0.281. The Labute approximate surface area is 86.1 Å². The Morgan fingerprint density at radius 2 is 2.21 bits per heavy atom. The summed E-state index contributed by atoms with van der Waals surface area (Å²) in [6, 6.07) is 0. The molecule has 1 amide bonds. The predicted octanol–water partition coefficient (Wildman–Crippen LogP) is 1.41. The Morgan fingerprint density at radius 1 is 1.57 bits per heavy atom. The first-order valence-corrected chi connectivity index (χ1v) is 5.45. The van der Waals surface area contributed by atoms with Crippen LogP contribution in [0.1, 0.15) is 40.0 Å². The standard InChI is InChI=1S/C11H21NO2/c1-4-11(2,3)10(14)12-7-5-6-9(13)8-12/h9,13H,4-8H2,1-3H3. The monoisotopic (exact) mass is 199 g/mol. The molecule has 1 unspecified atom stereocenters. The molecule has 1 rings (SSSR count). The second kappa shape index (κ2) is 4.30. The number of carbonyl (C=O) groups is 1. The van der Waals surface area contributed by atoms with E-state index >= 15 is 0 Å². The molecular weight excluding hydrogens is 178 g/mol. The van der Waals surface area contributed by atoms with Crippen LogP contribution in [-0.2, 0) is 4.79 Å². The van der Waals surface area contributed by atoms with Gasteiger partial charge in [0.2, 0.25) is 5.91 Å². The molecule has 1 aliphatic rings. The van der Waals surface area contributed by atoms with Crippen LogP contribution in [0.4, 0.5) is 0 Å². The van der Waals surface area contributed by atoms with E-state index in [1.54, 1.807) is 4.90 Å². The van der Waals surface area contributed by atoms with Gasteiger partial charge in [-0.3, -0.25) is 4.79 Å². The average Bonchev–Trinajstić information content (AvgIpc) is 2.16. The summed E-state index contributed by atoms with van der Waals surface area (Å²) in [5.74, 6) is 0.179. The van der Waals surface area contributed by atoms with Crippen molar-refractivity contribution in [1.29, 1.82) is 0 Å². The van der Waals surface area contributed by atoms with Crippen LogP contribution in [0.2, 0.25) is 0 Å². The van der Waals surface area contributed by atoms with Crippen LogP contribution in [0, 0.1) is 5.41 Å². The van der Waals surface area contributed by atoms with Gasteiger partial charge in [0, 0.05) is 18.5 Å². The van der Waals surface area contributed by atoms with Gasteiger partial charge in [-0.1, -0.05) is 20.8 Å². The summed E-state index contributed by atoms with van der Waals surface area (Å²) in [7, 11) is 0. The molecule has 0 aliphatic carbocycles. The lowest BCUT2D eigenvalue weighted by atomic mass is 9.88. The molecular formula is C11H21NO2. The number of likely N-dealkylation sites (tertiary alicyclic amines) is 1. The molecule has 0 spiro atoms. The highest BCUT2D eigenvalue weighted by atomic mass is 16.3. The van der Waals surface area contributed by atoms with E-state index in [9.17, 15) is 9.90 Å². The van der Waals surface area contributed by atoms with Crippen molar-refractivity contribution in [3.8, 4) is 0 Å². The fourth-order valence-electron chi connectivity index (χ4n) is 1.72. The van der Waals surface area contributed by atoms with E-state index in [-0.39, 0.29) is 17.4 Å². The zero-order valence-electron chi connectivity index (χ0n) is 9.42. The Balaban J connectivity index is 2.60. The molecule has 1 saturated heterocycles. The smallest absolute Gasteiger partial charge is 0.228 e. The summed E-state index contributed by atoms with van der Waals surface area (Å²) in [6.07, 6.45) is 2.28.